The van der Waals surface area contributed by atoms with E-state index >= 15 is 0 Å². The number of aryl methyl sites for hydroxylation is 1. The highest BCUT2D eigenvalue weighted by Gasteiger charge is 2.32. The molecule has 6 nitrogen and oxygen atoms in total. The summed E-state index contributed by atoms with van der Waals surface area (Å²) in [5.41, 5.74) is 0.715. The molecule has 24 heavy (non-hydrogen) atoms. The van der Waals surface area contributed by atoms with E-state index < -0.39 is 18.1 Å². The summed E-state index contributed by atoms with van der Waals surface area (Å²) in [6, 6.07) is 4.68. The van der Waals surface area contributed by atoms with Crippen LogP contribution in [0.15, 0.2) is 36.7 Å². The molecule has 130 valence electrons. The maximum Gasteiger partial charge on any atom is 0.573 e. The number of hydrogen-bond donors (Lipinski definition) is 2. The van der Waals surface area contributed by atoms with Crippen LogP contribution in [0.2, 0.25) is 0 Å². The zero-order valence-corrected chi connectivity index (χ0v) is 12.9. The van der Waals surface area contributed by atoms with Gasteiger partial charge in [-0.25, -0.2) is 4.79 Å². The highest BCUT2D eigenvalue weighted by molar-refractivity contribution is 5.90. The normalized spacial score (nSPS) is 11.2. The zero-order chi connectivity index (χ0) is 17.6. The zero-order valence-electron chi connectivity index (χ0n) is 12.9. The van der Waals surface area contributed by atoms with Gasteiger partial charge in [0.1, 0.15) is 0 Å². The average Bonchev–Trinajstić information content (AvgIpc) is 2.94. The van der Waals surface area contributed by atoms with Gasteiger partial charge in [-0.15, -0.1) is 13.2 Å². The van der Waals surface area contributed by atoms with Gasteiger partial charge in [0.15, 0.2) is 5.75 Å². The molecule has 0 unspecified atom stereocenters. The fourth-order valence-corrected chi connectivity index (χ4v) is 1.98. The lowest BCUT2D eigenvalue weighted by Crippen LogP contribution is -2.28. The Morgan fingerprint density at radius 3 is 2.79 bits per heavy atom. The van der Waals surface area contributed by atoms with Crippen molar-refractivity contribution in [2.75, 3.05) is 5.32 Å². The van der Waals surface area contributed by atoms with Gasteiger partial charge in [0, 0.05) is 24.8 Å². The Labute approximate surface area is 136 Å². The SMILES string of the molecule is CCCn1cc(CNC(=O)Nc2ccccc2OC(F)(F)F)cn1. The lowest BCUT2D eigenvalue weighted by molar-refractivity contribution is -0.274. The first-order valence-electron chi connectivity index (χ1n) is 7.28. The van der Waals surface area contributed by atoms with E-state index in [0.29, 0.717) is 0 Å². The fourth-order valence-electron chi connectivity index (χ4n) is 1.98. The Morgan fingerprint density at radius 1 is 1.33 bits per heavy atom. The van der Waals surface area contributed by atoms with Crippen molar-refractivity contribution in [1.82, 2.24) is 15.1 Å². The highest BCUT2D eigenvalue weighted by Crippen LogP contribution is 2.29. The Kier molecular flexibility index (Phi) is 5.67. The van der Waals surface area contributed by atoms with Gasteiger partial charge in [0.25, 0.3) is 0 Å². The molecule has 2 rings (SSSR count). The summed E-state index contributed by atoms with van der Waals surface area (Å²) in [5, 5.41) is 9.01. The minimum absolute atomic E-state index is 0.0750. The number of nitrogens with one attached hydrogen (secondary N) is 2. The van der Waals surface area contributed by atoms with E-state index in [9.17, 15) is 18.0 Å². The van der Waals surface area contributed by atoms with Crippen molar-refractivity contribution in [2.45, 2.75) is 32.8 Å². The summed E-state index contributed by atoms with van der Waals surface area (Å²) in [6.07, 6.45) is -0.478. The van der Waals surface area contributed by atoms with E-state index in [-0.39, 0.29) is 12.2 Å². The van der Waals surface area contributed by atoms with Crippen molar-refractivity contribution in [1.29, 1.82) is 0 Å². The molecule has 1 aromatic carbocycles. The van der Waals surface area contributed by atoms with Gasteiger partial charge in [-0.3, -0.25) is 4.68 Å². The maximum atomic E-state index is 12.3. The molecule has 0 saturated heterocycles. The topological polar surface area (TPSA) is 68.2 Å². The van der Waals surface area contributed by atoms with E-state index in [0.717, 1.165) is 24.6 Å². The third kappa shape index (κ3) is 5.49. The number of ether oxygens (including phenoxy) is 1. The predicted octanol–water partition coefficient (Wildman–Crippen LogP) is 3.51. The van der Waals surface area contributed by atoms with Crippen molar-refractivity contribution >= 4 is 11.7 Å². The van der Waals surface area contributed by atoms with Crippen molar-refractivity contribution in [2.24, 2.45) is 0 Å². The summed E-state index contributed by atoms with van der Waals surface area (Å²) in [5.74, 6) is -0.476. The second kappa shape index (κ2) is 7.71. The average molecular weight is 342 g/mol. The number of nitrogens with zero attached hydrogens (tertiary/aromatic N) is 2. The molecule has 0 spiro atoms. The molecule has 0 saturated carbocycles. The molecule has 9 heteroatoms. The number of alkyl halides is 3. The van der Waals surface area contributed by atoms with Crippen LogP contribution in [0.4, 0.5) is 23.7 Å². The summed E-state index contributed by atoms with van der Waals surface area (Å²) < 4.78 is 42.6. The maximum absolute atomic E-state index is 12.3. The van der Waals surface area contributed by atoms with Gasteiger partial charge in [0.2, 0.25) is 0 Å². The van der Waals surface area contributed by atoms with E-state index in [1.807, 2.05) is 6.92 Å². The summed E-state index contributed by atoms with van der Waals surface area (Å²) >= 11 is 0. The minimum atomic E-state index is -4.83. The van der Waals surface area contributed by atoms with Gasteiger partial charge in [-0.2, -0.15) is 5.10 Å². The molecular weight excluding hydrogens is 325 g/mol. The molecular formula is C15H17F3N4O2. The van der Waals surface area contributed by atoms with Crippen LogP contribution in [-0.4, -0.2) is 22.2 Å². The van der Waals surface area contributed by atoms with Crippen LogP contribution < -0.4 is 15.4 Å². The van der Waals surface area contributed by atoms with Crippen LogP contribution in [0.3, 0.4) is 0 Å². The lowest BCUT2D eigenvalue weighted by atomic mass is 10.3. The number of halogens is 3. The first-order valence-corrected chi connectivity index (χ1v) is 7.28. The number of anilines is 1. The minimum Gasteiger partial charge on any atom is -0.404 e. The van der Waals surface area contributed by atoms with Crippen LogP contribution in [0.5, 0.6) is 5.75 Å². The Hall–Kier alpha value is -2.71. The van der Waals surface area contributed by atoms with Gasteiger partial charge in [-0.05, 0) is 18.6 Å². The number of benzene rings is 1. The molecule has 2 N–H and O–H groups in total. The quantitative estimate of drug-likeness (QED) is 0.844. The highest BCUT2D eigenvalue weighted by atomic mass is 19.4. The molecule has 1 aromatic heterocycles. The molecule has 0 aliphatic rings. The number of hydrogen-bond acceptors (Lipinski definition) is 3. The largest absolute Gasteiger partial charge is 0.573 e. The number of para-hydroxylation sites is 2. The van der Waals surface area contributed by atoms with E-state index in [2.05, 4.69) is 20.5 Å². The van der Waals surface area contributed by atoms with Crippen LogP contribution in [0.25, 0.3) is 0 Å². The number of rotatable bonds is 6. The van der Waals surface area contributed by atoms with Crippen molar-refractivity contribution in [3.8, 4) is 5.75 Å². The molecule has 0 atom stereocenters. The number of urea groups is 1. The number of carbonyl (C=O) groups is 1. The van der Waals surface area contributed by atoms with Crippen molar-refractivity contribution < 1.29 is 22.7 Å². The van der Waals surface area contributed by atoms with Gasteiger partial charge in [0.05, 0.1) is 11.9 Å². The number of aromatic nitrogens is 2. The molecule has 0 aliphatic heterocycles. The van der Waals surface area contributed by atoms with Crippen molar-refractivity contribution in [3.63, 3.8) is 0 Å². The summed E-state index contributed by atoms with van der Waals surface area (Å²) in [4.78, 5) is 11.8. The van der Waals surface area contributed by atoms with E-state index in [1.54, 1.807) is 17.1 Å². The van der Waals surface area contributed by atoms with Gasteiger partial charge < -0.3 is 15.4 Å². The Balaban J connectivity index is 1.92. The van der Waals surface area contributed by atoms with Gasteiger partial charge >= 0.3 is 12.4 Å². The smallest absolute Gasteiger partial charge is 0.404 e. The molecule has 0 fully saturated rings. The van der Waals surface area contributed by atoms with Crippen LogP contribution in [0.1, 0.15) is 18.9 Å². The first-order chi connectivity index (χ1) is 11.4. The number of carbonyl (C=O) groups excluding carboxylic acids is 1. The van der Waals surface area contributed by atoms with E-state index in [1.165, 1.54) is 18.2 Å². The molecule has 2 aromatic rings. The first kappa shape index (κ1) is 17.6. The molecule has 2 amide bonds. The monoisotopic (exact) mass is 342 g/mol. The molecule has 0 aliphatic carbocycles. The summed E-state index contributed by atoms with van der Waals surface area (Å²) in [6.45, 7) is 3.00. The third-order valence-corrected chi connectivity index (χ3v) is 2.95. The van der Waals surface area contributed by atoms with Crippen LogP contribution in [-0.2, 0) is 13.1 Å². The lowest BCUT2D eigenvalue weighted by Gasteiger charge is -2.14. The molecule has 0 radical (unpaired) electrons. The van der Waals surface area contributed by atoms with Crippen molar-refractivity contribution in [3.05, 3.63) is 42.2 Å². The van der Waals surface area contributed by atoms with E-state index in [4.69, 9.17) is 0 Å². The molecule has 1 heterocycles. The standard InChI is InChI=1S/C15H17F3N4O2/c1-2-7-22-10-11(9-20-22)8-19-14(23)21-12-5-3-4-6-13(12)24-15(16,17)18/h3-6,9-10H,2,7-8H2,1H3,(H2,19,21,23). The number of amides is 2. The second-order valence-corrected chi connectivity index (χ2v) is 4.96. The molecule has 0 bridgehead atoms. The summed E-state index contributed by atoms with van der Waals surface area (Å²) in [7, 11) is 0. The van der Waals surface area contributed by atoms with Crippen LogP contribution in [0, 0.1) is 0 Å². The van der Waals surface area contributed by atoms with Crippen LogP contribution >= 0.6 is 0 Å². The predicted molar refractivity (Wildman–Crippen MR) is 81.5 cm³/mol. The Morgan fingerprint density at radius 2 is 2.08 bits per heavy atom. The van der Waals surface area contributed by atoms with Gasteiger partial charge in [-0.1, -0.05) is 19.1 Å². The second-order valence-electron chi connectivity index (χ2n) is 4.96. The Bertz CT molecular complexity index is 685. The fraction of sp³-hybridized carbons (Fsp3) is 0.333. The third-order valence-electron chi connectivity index (χ3n) is 2.95.